The van der Waals surface area contributed by atoms with Gasteiger partial charge in [-0.1, -0.05) is 36.4 Å². The topological polar surface area (TPSA) is 58.6 Å². The van der Waals surface area contributed by atoms with Crippen LogP contribution in [0, 0.1) is 0 Å². The summed E-state index contributed by atoms with van der Waals surface area (Å²) in [5, 5.41) is 2.97. The van der Waals surface area contributed by atoms with E-state index in [1.165, 1.54) is 0 Å². The van der Waals surface area contributed by atoms with Crippen LogP contribution in [0.1, 0.15) is 16.7 Å². The number of rotatable bonds is 5. The van der Waals surface area contributed by atoms with Crippen LogP contribution < -0.4 is 5.32 Å². The first-order valence-corrected chi connectivity index (χ1v) is 9.24. The zero-order valence-corrected chi connectivity index (χ0v) is 15.7. The summed E-state index contributed by atoms with van der Waals surface area (Å²) in [6, 6.07) is 14.7. The molecule has 1 heterocycles. The molecular weight excluding hydrogens is 385 g/mol. The van der Waals surface area contributed by atoms with Gasteiger partial charge in [0.25, 0.3) is 0 Å². The van der Waals surface area contributed by atoms with Crippen molar-refractivity contribution in [3.63, 3.8) is 0 Å². The number of esters is 1. The van der Waals surface area contributed by atoms with Crippen LogP contribution >= 0.6 is 0 Å². The molecule has 8 heteroatoms. The zero-order valence-electron chi connectivity index (χ0n) is 15.7. The third-order valence-corrected chi connectivity index (χ3v) is 4.72. The van der Waals surface area contributed by atoms with Crippen molar-refractivity contribution in [3.8, 4) is 0 Å². The number of fused-ring (bicyclic) bond motifs is 1. The number of nitrogens with zero attached hydrogens (tertiary/aromatic N) is 1. The Labute approximate surface area is 166 Å². The second kappa shape index (κ2) is 8.98. The average Bonchev–Trinajstić information content (AvgIpc) is 2.92. The molecule has 154 valence electrons. The molecule has 3 rings (SSSR count). The van der Waals surface area contributed by atoms with Crippen molar-refractivity contribution in [3.05, 3.63) is 65.2 Å². The van der Waals surface area contributed by atoms with Gasteiger partial charge in [-0.05, 0) is 41.7 Å². The second-order valence-corrected chi connectivity index (χ2v) is 6.77. The van der Waals surface area contributed by atoms with E-state index in [9.17, 15) is 22.8 Å². The molecule has 2 aromatic carbocycles. The van der Waals surface area contributed by atoms with Crippen LogP contribution in [0.2, 0.25) is 0 Å². The first kappa shape index (κ1) is 20.7. The largest absolute Gasteiger partial charge is 0.471 e. The molecule has 29 heavy (non-hydrogen) atoms. The highest BCUT2D eigenvalue weighted by molar-refractivity contribution is 5.82. The second-order valence-electron chi connectivity index (χ2n) is 6.77. The van der Waals surface area contributed by atoms with Crippen LogP contribution in [0.25, 0.3) is 0 Å². The van der Waals surface area contributed by atoms with Gasteiger partial charge in [0.15, 0.2) is 0 Å². The van der Waals surface area contributed by atoms with E-state index in [0.29, 0.717) is 18.5 Å². The highest BCUT2D eigenvalue weighted by Gasteiger charge is 2.42. The van der Waals surface area contributed by atoms with Crippen LogP contribution in [0.3, 0.4) is 0 Å². The number of anilines is 1. The van der Waals surface area contributed by atoms with Crippen molar-refractivity contribution < 1.29 is 27.5 Å². The number of hydrogen-bond donors (Lipinski definition) is 1. The Morgan fingerprint density at radius 2 is 1.69 bits per heavy atom. The SMILES string of the molecule is O=C(CNc1ccc2c(c1)CCN(C(=O)C(F)(F)F)CC2)OCc1ccccc1. The van der Waals surface area contributed by atoms with Crippen LogP contribution in [0.4, 0.5) is 18.9 Å². The van der Waals surface area contributed by atoms with Gasteiger partial charge in [0.2, 0.25) is 0 Å². The highest BCUT2D eigenvalue weighted by atomic mass is 19.4. The van der Waals surface area contributed by atoms with E-state index < -0.39 is 18.1 Å². The lowest BCUT2D eigenvalue weighted by molar-refractivity contribution is -0.185. The Balaban J connectivity index is 1.53. The summed E-state index contributed by atoms with van der Waals surface area (Å²) in [7, 11) is 0. The van der Waals surface area contributed by atoms with Crippen LogP contribution in [0.15, 0.2) is 48.5 Å². The number of amides is 1. The van der Waals surface area contributed by atoms with Gasteiger partial charge in [0.05, 0.1) is 0 Å². The molecule has 0 atom stereocenters. The summed E-state index contributed by atoms with van der Waals surface area (Å²) in [6.07, 6.45) is -4.18. The van der Waals surface area contributed by atoms with Crippen molar-refractivity contribution in [1.29, 1.82) is 0 Å². The fourth-order valence-corrected chi connectivity index (χ4v) is 3.18. The van der Waals surface area contributed by atoms with E-state index in [-0.39, 0.29) is 26.2 Å². The number of hydrogen-bond acceptors (Lipinski definition) is 4. The lowest BCUT2D eigenvalue weighted by atomic mass is 10.0. The average molecular weight is 406 g/mol. The molecule has 1 N–H and O–H groups in total. The van der Waals surface area contributed by atoms with Gasteiger partial charge in [-0.15, -0.1) is 0 Å². The Hall–Kier alpha value is -3.03. The fourth-order valence-electron chi connectivity index (χ4n) is 3.18. The van der Waals surface area contributed by atoms with Crippen LogP contribution in [-0.4, -0.2) is 42.6 Å². The van der Waals surface area contributed by atoms with Gasteiger partial charge in [-0.2, -0.15) is 13.2 Å². The molecule has 0 aromatic heterocycles. The van der Waals surface area contributed by atoms with E-state index in [2.05, 4.69) is 5.32 Å². The monoisotopic (exact) mass is 406 g/mol. The van der Waals surface area contributed by atoms with Crippen molar-refractivity contribution in [1.82, 2.24) is 4.90 Å². The number of carbonyl (C=O) groups is 2. The zero-order chi connectivity index (χ0) is 20.9. The first-order chi connectivity index (χ1) is 13.8. The van der Waals surface area contributed by atoms with E-state index in [0.717, 1.165) is 21.6 Å². The van der Waals surface area contributed by atoms with E-state index in [1.807, 2.05) is 36.4 Å². The standard InChI is InChI=1S/C21H21F3N2O3/c22-21(23,24)20(28)26-10-8-16-6-7-18(12-17(16)9-11-26)25-13-19(27)29-14-15-4-2-1-3-5-15/h1-7,12,25H,8-11,13-14H2. The predicted molar refractivity (Wildman–Crippen MR) is 101 cm³/mol. The minimum atomic E-state index is -4.86. The molecule has 0 unspecified atom stereocenters. The number of benzene rings is 2. The Bertz CT molecular complexity index is 869. The first-order valence-electron chi connectivity index (χ1n) is 9.24. The molecule has 1 amide bonds. The third kappa shape index (κ3) is 5.73. The summed E-state index contributed by atoms with van der Waals surface area (Å²) < 4.78 is 43.2. The molecule has 0 spiro atoms. The number of alkyl halides is 3. The maximum absolute atomic E-state index is 12.7. The fraction of sp³-hybridized carbons (Fsp3) is 0.333. The number of carbonyl (C=O) groups excluding carboxylic acids is 2. The number of ether oxygens (including phenoxy) is 1. The minimum absolute atomic E-state index is 0.00785. The maximum atomic E-state index is 12.7. The van der Waals surface area contributed by atoms with Crippen LogP contribution in [0.5, 0.6) is 0 Å². The number of halogens is 3. The quantitative estimate of drug-likeness (QED) is 0.774. The normalized spacial score (nSPS) is 14.0. The van der Waals surface area contributed by atoms with E-state index in [4.69, 9.17) is 4.74 Å². The molecule has 0 saturated carbocycles. The summed E-state index contributed by atoms with van der Waals surface area (Å²) in [4.78, 5) is 24.2. The summed E-state index contributed by atoms with van der Waals surface area (Å²) >= 11 is 0. The van der Waals surface area contributed by atoms with Crippen molar-refractivity contribution in [2.75, 3.05) is 25.0 Å². The van der Waals surface area contributed by atoms with Crippen molar-refractivity contribution in [2.45, 2.75) is 25.6 Å². The maximum Gasteiger partial charge on any atom is 0.471 e. The Morgan fingerprint density at radius 1 is 1.00 bits per heavy atom. The van der Waals surface area contributed by atoms with Gasteiger partial charge in [-0.3, -0.25) is 9.59 Å². The van der Waals surface area contributed by atoms with E-state index >= 15 is 0 Å². The molecule has 0 radical (unpaired) electrons. The molecule has 2 aromatic rings. The lowest BCUT2D eigenvalue weighted by Crippen LogP contribution is -2.42. The smallest absolute Gasteiger partial charge is 0.460 e. The van der Waals surface area contributed by atoms with Gasteiger partial charge in [0, 0.05) is 18.8 Å². The molecule has 1 aliphatic heterocycles. The Kier molecular flexibility index (Phi) is 6.41. The van der Waals surface area contributed by atoms with Crippen molar-refractivity contribution >= 4 is 17.6 Å². The molecule has 1 aliphatic rings. The summed E-state index contributed by atoms with van der Waals surface area (Å²) in [5.41, 5.74) is 3.34. The number of nitrogens with one attached hydrogen (secondary N) is 1. The molecule has 0 saturated heterocycles. The third-order valence-electron chi connectivity index (χ3n) is 4.72. The highest BCUT2D eigenvalue weighted by Crippen LogP contribution is 2.24. The predicted octanol–water partition coefficient (Wildman–Crippen LogP) is 3.33. The molecule has 0 bridgehead atoms. The van der Waals surface area contributed by atoms with Gasteiger partial charge in [0.1, 0.15) is 13.2 Å². The molecule has 0 fully saturated rings. The van der Waals surface area contributed by atoms with Crippen molar-refractivity contribution in [2.24, 2.45) is 0 Å². The minimum Gasteiger partial charge on any atom is -0.460 e. The molecule has 0 aliphatic carbocycles. The molecular formula is C21H21F3N2O3. The van der Waals surface area contributed by atoms with Gasteiger partial charge in [-0.25, -0.2) is 0 Å². The van der Waals surface area contributed by atoms with Crippen LogP contribution in [-0.2, 0) is 33.8 Å². The van der Waals surface area contributed by atoms with Gasteiger partial charge >= 0.3 is 18.1 Å². The van der Waals surface area contributed by atoms with Gasteiger partial charge < -0.3 is 15.0 Å². The molecule has 5 nitrogen and oxygen atoms in total. The Morgan fingerprint density at radius 3 is 2.38 bits per heavy atom. The lowest BCUT2D eigenvalue weighted by Gasteiger charge is -2.21. The summed E-state index contributed by atoms with van der Waals surface area (Å²) in [5.74, 6) is -2.21. The summed E-state index contributed by atoms with van der Waals surface area (Å²) in [6.45, 7) is 0.205. The van der Waals surface area contributed by atoms with E-state index in [1.54, 1.807) is 12.1 Å².